The zero-order chi connectivity index (χ0) is 11.4. The molecule has 2 heterocycles. The van der Waals surface area contributed by atoms with Gasteiger partial charge < -0.3 is 14.4 Å². The first-order valence-electron chi connectivity index (χ1n) is 6.74. The summed E-state index contributed by atoms with van der Waals surface area (Å²) in [6, 6.07) is 0.720. The molecular weight excluding hydrogens is 202 g/mol. The van der Waals surface area contributed by atoms with E-state index in [1.54, 1.807) is 0 Å². The van der Waals surface area contributed by atoms with Crippen molar-refractivity contribution in [1.29, 1.82) is 0 Å². The number of hydrogen-bond acceptors (Lipinski definition) is 3. The maximum Gasteiger partial charge on any atom is 0.158 e. The Morgan fingerprint density at radius 1 is 1.12 bits per heavy atom. The number of ether oxygens (including phenoxy) is 2. The van der Waals surface area contributed by atoms with E-state index in [9.17, 15) is 0 Å². The highest BCUT2D eigenvalue weighted by Gasteiger charge is 2.25. The van der Waals surface area contributed by atoms with Crippen molar-refractivity contribution in [3.8, 4) is 0 Å². The number of rotatable bonds is 3. The number of nitrogens with zero attached hydrogens (tertiary/aromatic N) is 1. The highest BCUT2D eigenvalue weighted by molar-refractivity contribution is 4.78. The third-order valence-corrected chi connectivity index (χ3v) is 4.05. The Morgan fingerprint density at radius 2 is 1.88 bits per heavy atom. The second-order valence-electron chi connectivity index (χ2n) is 5.21. The van der Waals surface area contributed by atoms with Gasteiger partial charge in [-0.1, -0.05) is 6.92 Å². The molecule has 2 unspecified atom stereocenters. The van der Waals surface area contributed by atoms with Gasteiger partial charge in [-0.25, -0.2) is 0 Å². The second-order valence-corrected chi connectivity index (χ2v) is 5.21. The average molecular weight is 227 g/mol. The van der Waals surface area contributed by atoms with Crippen LogP contribution >= 0.6 is 0 Å². The fourth-order valence-electron chi connectivity index (χ4n) is 2.71. The Balaban J connectivity index is 1.71. The van der Waals surface area contributed by atoms with Gasteiger partial charge in [-0.3, -0.25) is 0 Å². The number of likely N-dealkylation sites (tertiary alicyclic amines) is 1. The molecule has 0 radical (unpaired) electrons. The van der Waals surface area contributed by atoms with E-state index in [0.29, 0.717) is 0 Å². The van der Waals surface area contributed by atoms with Crippen LogP contribution in [-0.2, 0) is 9.47 Å². The molecule has 0 N–H and O–H groups in total. The van der Waals surface area contributed by atoms with Crippen molar-refractivity contribution < 1.29 is 9.47 Å². The van der Waals surface area contributed by atoms with Gasteiger partial charge in [0.25, 0.3) is 0 Å². The molecule has 94 valence electrons. The molecule has 0 spiro atoms. The topological polar surface area (TPSA) is 21.7 Å². The van der Waals surface area contributed by atoms with E-state index >= 15 is 0 Å². The summed E-state index contributed by atoms with van der Waals surface area (Å²) in [5, 5.41) is 0. The molecule has 2 aliphatic rings. The second kappa shape index (κ2) is 5.99. The standard InChI is InChI=1S/C13H25NO2/c1-11-5-3-7-14(12(11)2)8-6-13-15-9-4-10-16-13/h11-13H,3-10H2,1-2H3. The van der Waals surface area contributed by atoms with Crippen LogP contribution in [0.3, 0.4) is 0 Å². The van der Waals surface area contributed by atoms with E-state index in [-0.39, 0.29) is 6.29 Å². The van der Waals surface area contributed by atoms with Crippen LogP contribution in [0, 0.1) is 5.92 Å². The maximum absolute atomic E-state index is 5.58. The summed E-state index contributed by atoms with van der Waals surface area (Å²) in [7, 11) is 0. The lowest BCUT2D eigenvalue weighted by Gasteiger charge is -2.38. The summed E-state index contributed by atoms with van der Waals surface area (Å²) < 4.78 is 11.2. The van der Waals surface area contributed by atoms with Crippen LogP contribution in [0.15, 0.2) is 0 Å². The summed E-state index contributed by atoms with van der Waals surface area (Å²) >= 11 is 0. The number of hydrogen-bond donors (Lipinski definition) is 0. The first-order valence-corrected chi connectivity index (χ1v) is 6.74. The van der Waals surface area contributed by atoms with Gasteiger partial charge >= 0.3 is 0 Å². The molecular formula is C13H25NO2. The number of piperidine rings is 1. The lowest BCUT2D eigenvalue weighted by molar-refractivity contribution is -0.183. The Bertz CT molecular complexity index is 204. The lowest BCUT2D eigenvalue weighted by atomic mass is 9.92. The third kappa shape index (κ3) is 3.19. The van der Waals surface area contributed by atoms with Gasteiger partial charge in [0.15, 0.2) is 6.29 Å². The van der Waals surface area contributed by atoms with Gasteiger partial charge in [-0.15, -0.1) is 0 Å². The molecule has 0 bridgehead atoms. The summed E-state index contributed by atoms with van der Waals surface area (Å²) in [6.07, 6.45) is 4.86. The molecule has 0 aromatic heterocycles. The molecule has 3 nitrogen and oxygen atoms in total. The third-order valence-electron chi connectivity index (χ3n) is 4.05. The van der Waals surface area contributed by atoms with Crippen molar-refractivity contribution in [3.63, 3.8) is 0 Å². The van der Waals surface area contributed by atoms with Crippen molar-refractivity contribution in [2.24, 2.45) is 5.92 Å². The molecule has 2 atom stereocenters. The average Bonchev–Trinajstić information content (AvgIpc) is 2.32. The molecule has 2 saturated heterocycles. The first kappa shape index (κ1) is 12.3. The molecule has 0 aromatic rings. The Kier molecular flexibility index (Phi) is 4.62. The van der Waals surface area contributed by atoms with Crippen molar-refractivity contribution >= 4 is 0 Å². The van der Waals surface area contributed by atoms with Crippen LogP contribution in [-0.4, -0.2) is 43.5 Å². The predicted molar refractivity (Wildman–Crippen MR) is 64.4 cm³/mol. The molecule has 2 rings (SSSR count). The van der Waals surface area contributed by atoms with Gasteiger partial charge in [0.1, 0.15) is 0 Å². The Labute approximate surface area is 99.1 Å². The smallest absolute Gasteiger partial charge is 0.158 e. The highest BCUT2D eigenvalue weighted by atomic mass is 16.7. The fraction of sp³-hybridized carbons (Fsp3) is 1.00. The van der Waals surface area contributed by atoms with E-state index in [0.717, 1.165) is 44.6 Å². The molecule has 0 saturated carbocycles. The van der Waals surface area contributed by atoms with Crippen molar-refractivity contribution in [2.45, 2.75) is 51.9 Å². The SMILES string of the molecule is CC1CCCN(CCC2OCCCO2)C1C. The minimum Gasteiger partial charge on any atom is -0.353 e. The normalized spacial score (nSPS) is 34.1. The Morgan fingerprint density at radius 3 is 2.62 bits per heavy atom. The lowest BCUT2D eigenvalue weighted by Crippen LogP contribution is -2.44. The molecule has 0 aromatic carbocycles. The summed E-state index contributed by atoms with van der Waals surface area (Å²) in [6.45, 7) is 8.83. The minimum absolute atomic E-state index is 0.0539. The quantitative estimate of drug-likeness (QED) is 0.738. The van der Waals surface area contributed by atoms with Crippen LogP contribution in [0.5, 0.6) is 0 Å². The van der Waals surface area contributed by atoms with Gasteiger partial charge in [0.05, 0.1) is 13.2 Å². The van der Waals surface area contributed by atoms with Crippen LogP contribution in [0.25, 0.3) is 0 Å². The van der Waals surface area contributed by atoms with Crippen LogP contribution in [0.2, 0.25) is 0 Å². The Hall–Kier alpha value is -0.120. The monoisotopic (exact) mass is 227 g/mol. The molecule has 0 aliphatic carbocycles. The molecule has 2 aliphatic heterocycles. The van der Waals surface area contributed by atoms with Crippen LogP contribution in [0.4, 0.5) is 0 Å². The first-order chi connectivity index (χ1) is 7.77. The van der Waals surface area contributed by atoms with Crippen molar-refractivity contribution in [2.75, 3.05) is 26.3 Å². The summed E-state index contributed by atoms with van der Waals surface area (Å²) in [4.78, 5) is 2.59. The zero-order valence-corrected chi connectivity index (χ0v) is 10.7. The molecule has 0 amide bonds. The molecule has 2 fully saturated rings. The van der Waals surface area contributed by atoms with Gasteiger partial charge in [0, 0.05) is 19.0 Å². The van der Waals surface area contributed by atoms with Crippen LogP contribution in [0.1, 0.15) is 39.5 Å². The maximum atomic E-state index is 5.58. The molecule has 16 heavy (non-hydrogen) atoms. The van der Waals surface area contributed by atoms with E-state index in [2.05, 4.69) is 18.7 Å². The van der Waals surface area contributed by atoms with E-state index < -0.39 is 0 Å². The van der Waals surface area contributed by atoms with Crippen molar-refractivity contribution in [3.05, 3.63) is 0 Å². The van der Waals surface area contributed by atoms with E-state index in [1.807, 2.05) is 0 Å². The summed E-state index contributed by atoms with van der Waals surface area (Å²) in [5.41, 5.74) is 0. The minimum atomic E-state index is 0.0539. The van der Waals surface area contributed by atoms with Gasteiger partial charge in [-0.2, -0.15) is 0 Å². The van der Waals surface area contributed by atoms with Crippen LogP contribution < -0.4 is 0 Å². The highest BCUT2D eigenvalue weighted by Crippen LogP contribution is 2.23. The van der Waals surface area contributed by atoms with Gasteiger partial charge in [0.2, 0.25) is 0 Å². The van der Waals surface area contributed by atoms with Gasteiger partial charge in [-0.05, 0) is 38.6 Å². The zero-order valence-electron chi connectivity index (χ0n) is 10.7. The van der Waals surface area contributed by atoms with E-state index in [1.165, 1.54) is 19.4 Å². The summed E-state index contributed by atoms with van der Waals surface area (Å²) in [5.74, 6) is 0.835. The largest absolute Gasteiger partial charge is 0.353 e. The predicted octanol–water partition coefficient (Wildman–Crippen LogP) is 2.26. The van der Waals surface area contributed by atoms with Crippen molar-refractivity contribution in [1.82, 2.24) is 4.90 Å². The van der Waals surface area contributed by atoms with E-state index in [4.69, 9.17) is 9.47 Å². The fourth-order valence-corrected chi connectivity index (χ4v) is 2.71. The molecule has 3 heteroatoms.